The third kappa shape index (κ3) is 3.61. The molecule has 1 aliphatic heterocycles. The maximum absolute atomic E-state index is 12.9. The summed E-state index contributed by atoms with van der Waals surface area (Å²) >= 11 is 7.20. The quantitative estimate of drug-likeness (QED) is 0.699. The Bertz CT molecular complexity index is 959. The highest BCUT2D eigenvalue weighted by Gasteiger charge is 2.42. The van der Waals surface area contributed by atoms with E-state index in [1.165, 1.54) is 42.1 Å². The van der Waals surface area contributed by atoms with Gasteiger partial charge in [0.25, 0.3) is 11.8 Å². The van der Waals surface area contributed by atoms with E-state index < -0.39 is 29.7 Å². The van der Waals surface area contributed by atoms with E-state index in [1.54, 1.807) is 18.4 Å². The van der Waals surface area contributed by atoms with Gasteiger partial charge in [-0.05, 0) is 36.6 Å². The molecule has 2 N–H and O–H groups in total. The monoisotopic (exact) mass is 418 g/mol. The van der Waals surface area contributed by atoms with Crippen molar-refractivity contribution in [3.05, 3.63) is 64.2 Å². The van der Waals surface area contributed by atoms with Gasteiger partial charge in [-0.15, -0.1) is 0 Å². The first kappa shape index (κ1) is 19.9. The molecule has 3 amide bonds. The van der Waals surface area contributed by atoms with Crippen molar-refractivity contribution in [3.63, 3.8) is 0 Å². The average molecular weight is 419 g/mol. The molecule has 2 aromatic rings. The molecule has 1 unspecified atom stereocenters. The molecule has 0 saturated heterocycles. The molecule has 0 radical (unpaired) electrons. The number of benzene rings is 2. The maximum atomic E-state index is 12.9. The molecule has 0 spiro atoms. The van der Waals surface area contributed by atoms with Crippen molar-refractivity contribution in [3.8, 4) is 0 Å². The Balaban J connectivity index is 1.93. The first-order chi connectivity index (χ1) is 13.3. The van der Waals surface area contributed by atoms with Crippen molar-refractivity contribution in [1.82, 2.24) is 4.90 Å². The van der Waals surface area contributed by atoms with Crippen LogP contribution in [0, 0.1) is 0 Å². The topological polar surface area (TPSA) is 104 Å². The van der Waals surface area contributed by atoms with Crippen LogP contribution >= 0.6 is 23.4 Å². The molecule has 1 atom stereocenters. The van der Waals surface area contributed by atoms with Gasteiger partial charge in [0.05, 0.1) is 22.4 Å². The Labute approximate surface area is 169 Å². The van der Waals surface area contributed by atoms with Crippen LogP contribution in [0.25, 0.3) is 0 Å². The van der Waals surface area contributed by atoms with Gasteiger partial charge in [0.1, 0.15) is 6.04 Å². The fourth-order valence-electron chi connectivity index (χ4n) is 2.94. The molecule has 28 heavy (non-hydrogen) atoms. The zero-order valence-electron chi connectivity index (χ0n) is 14.6. The van der Waals surface area contributed by atoms with Crippen LogP contribution in [0.3, 0.4) is 0 Å². The van der Waals surface area contributed by atoms with Crippen molar-refractivity contribution < 1.29 is 24.3 Å². The normalized spacial score (nSPS) is 14.0. The molecule has 0 bridgehead atoms. The SMILES string of the molecule is CSCC(C(=O)Nc1cc(Cl)ccc1C(=O)O)N1C(=O)c2ccccc2C1=O. The number of hydrogen-bond donors (Lipinski definition) is 2. The second-order valence-electron chi connectivity index (χ2n) is 5.98. The number of carboxylic acid groups (broad SMARTS) is 1. The Morgan fingerprint density at radius 1 is 1.14 bits per heavy atom. The third-order valence-electron chi connectivity index (χ3n) is 4.23. The Morgan fingerprint density at radius 2 is 1.75 bits per heavy atom. The van der Waals surface area contributed by atoms with Gasteiger partial charge in [0.2, 0.25) is 5.91 Å². The number of carbonyl (C=O) groups is 4. The van der Waals surface area contributed by atoms with Crippen LogP contribution in [-0.4, -0.2) is 51.7 Å². The zero-order valence-corrected chi connectivity index (χ0v) is 16.2. The molecule has 0 fully saturated rings. The highest BCUT2D eigenvalue weighted by atomic mass is 35.5. The molecule has 0 saturated carbocycles. The maximum Gasteiger partial charge on any atom is 0.337 e. The number of anilines is 1. The first-order valence-electron chi connectivity index (χ1n) is 8.14. The van der Waals surface area contributed by atoms with Crippen LogP contribution in [0.2, 0.25) is 5.02 Å². The lowest BCUT2D eigenvalue weighted by Crippen LogP contribution is -2.48. The van der Waals surface area contributed by atoms with Gasteiger partial charge < -0.3 is 10.4 Å². The average Bonchev–Trinajstić information content (AvgIpc) is 2.91. The molecular weight excluding hydrogens is 404 g/mol. The number of carboxylic acids is 1. The second kappa shape index (κ2) is 8.04. The van der Waals surface area contributed by atoms with Crippen molar-refractivity contribution in [2.75, 3.05) is 17.3 Å². The smallest absolute Gasteiger partial charge is 0.337 e. The number of amides is 3. The summed E-state index contributed by atoms with van der Waals surface area (Å²) in [7, 11) is 0. The lowest BCUT2D eigenvalue weighted by Gasteiger charge is -2.25. The predicted octanol–water partition coefficient (Wildman–Crippen LogP) is 3.00. The number of thioether (sulfide) groups is 1. The third-order valence-corrected chi connectivity index (χ3v) is 5.12. The van der Waals surface area contributed by atoms with Crippen LogP contribution in [-0.2, 0) is 4.79 Å². The van der Waals surface area contributed by atoms with Crippen molar-refractivity contribution in [2.24, 2.45) is 0 Å². The van der Waals surface area contributed by atoms with E-state index in [-0.39, 0.29) is 33.2 Å². The summed E-state index contributed by atoms with van der Waals surface area (Å²) in [6.07, 6.45) is 1.74. The van der Waals surface area contributed by atoms with Gasteiger partial charge >= 0.3 is 5.97 Å². The number of hydrogen-bond acceptors (Lipinski definition) is 5. The fraction of sp³-hybridized carbons (Fsp3) is 0.158. The molecule has 2 aromatic carbocycles. The van der Waals surface area contributed by atoms with Crippen LogP contribution < -0.4 is 5.32 Å². The largest absolute Gasteiger partial charge is 0.478 e. The number of nitrogens with zero attached hydrogens (tertiary/aromatic N) is 1. The lowest BCUT2D eigenvalue weighted by atomic mass is 10.1. The number of rotatable bonds is 6. The van der Waals surface area contributed by atoms with Crippen LogP contribution in [0.1, 0.15) is 31.1 Å². The number of aromatic carboxylic acids is 1. The van der Waals surface area contributed by atoms with Crippen molar-refractivity contribution >= 4 is 52.7 Å². The summed E-state index contributed by atoms with van der Waals surface area (Å²) < 4.78 is 0. The summed E-state index contributed by atoms with van der Waals surface area (Å²) in [4.78, 5) is 50.7. The number of nitrogens with one attached hydrogen (secondary N) is 1. The molecule has 7 nitrogen and oxygen atoms in total. The summed E-state index contributed by atoms with van der Waals surface area (Å²) in [5, 5.41) is 12.0. The molecule has 0 aliphatic carbocycles. The van der Waals surface area contributed by atoms with Crippen molar-refractivity contribution in [2.45, 2.75) is 6.04 Å². The van der Waals surface area contributed by atoms with Crippen LogP contribution in [0.5, 0.6) is 0 Å². The Morgan fingerprint density at radius 3 is 2.29 bits per heavy atom. The van der Waals surface area contributed by atoms with Gasteiger partial charge in [-0.25, -0.2) is 4.79 Å². The van der Waals surface area contributed by atoms with Gasteiger partial charge in [0.15, 0.2) is 0 Å². The number of carbonyl (C=O) groups excluding carboxylic acids is 3. The second-order valence-corrected chi connectivity index (χ2v) is 7.33. The highest BCUT2D eigenvalue weighted by molar-refractivity contribution is 7.98. The minimum absolute atomic E-state index is 0.00675. The summed E-state index contributed by atoms with van der Waals surface area (Å²) in [5.74, 6) is -2.87. The number of halogens is 1. The predicted molar refractivity (Wildman–Crippen MR) is 106 cm³/mol. The summed E-state index contributed by atoms with van der Waals surface area (Å²) in [6.45, 7) is 0. The van der Waals surface area contributed by atoms with E-state index in [4.69, 9.17) is 11.6 Å². The number of fused-ring (bicyclic) bond motifs is 1. The minimum Gasteiger partial charge on any atom is -0.478 e. The Kier molecular flexibility index (Phi) is 5.71. The van der Waals surface area contributed by atoms with Crippen molar-refractivity contribution in [1.29, 1.82) is 0 Å². The molecule has 3 rings (SSSR count). The molecule has 1 aliphatic rings. The van der Waals surface area contributed by atoms with E-state index in [2.05, 4.69) is 5.32 Å². The summed E-state index contributed by atoms with van der Waals surface area (Å²) in [6, 6.07) is 9.21. The molecule has 144 valence electrons. The van der Waals surface area contributed by atoms with E-state index in [0.717, 1.165) is 4.90 Å². The van der Waals surface area contributed by atoms with E-state index in [1.807, 2.05) is 0 Å². The van der Waals surface area contributed by atoms with Gasteiger partial charge in [-0.3, -0.25) is 19.3 Å². The highest BCUT2D eigenvalue weighted by Crippen LogP contribution is 2.27. The van der Waals surface area contributed by atoms with E-state index in [9.17, 15) is 24.3 Å². The standard InChI is InChI=1S/C19H15ClN2O5S/c1-28-9-15(22-17(24)11-4-2-3-5-12(11)18(22)25)16(23)21-14-8-10(20)6-7-13(14)19(26)27/h2-8,15H,9H2,1H3,(H,21,23)(H,26,27). The van der Waals surface area contributed by atoms with E-state index in [0.29, 0.717) is 0 Å². The molecule has 9 heteroatoms. The summed E-state index contributed by atoms with van der Waals surface area (Å²) in [5.41, 5.74) is 0.316. The Hall–Kier alpha value is -2.84. The molecular formula is C19H15ClN2O5S. The lowest BCUT2D eigenvalue weighted by molar-refractivity contribution is -0.119. The van der Waals surface area contributed by atoms with Gasteiger partial charge in [-0.1, -0.05) is 23.7 Å². The van der Waals surface area contributed by atoms with Gasteiger partial charge in [0, 0.05) is 10.8 Å². The van der Waals surface area contributed by atoms with E-state index >= 15 is 0 Å². The van der Waals surface area contributed by atoms with Crippen LogP contribution in [0.15, 0.2) is 42.5 Å². The zero-order chi connectivity index (χ0) is 20.4. The van der Waals surface area contributed by atoms with Gasteiger partial charge in [-0.2, -0.15) is 11.8 Å². The van der Waals surface area contributed by atoms with Crippen LogP contribution in [0.4, 0.5) is 5.69 Å². The molecule has 1 heterocycles. The fourth-order valence-corrected chi connectivity index (χ4v) is 3.73. The number of imide groups is 1. The first-order valence-corrected chi connectivity index (χ1v) is 9.92. The molecule has 0 aromatic heterocycles. The minimum atomic E-state index is -1.24.